The summed E-state index contributed by atoms with van der Waals surface area (Å²) in [5.74, 6) is 0.494. The minimum Gasteiger partial charge on any atom is -0.507 e. The molecule has 0 saturated heterocycles. The van der Waals surface area contributed by atoms with Crippen molar-refractivity contribution in [2.24, 2.45) is 0 Å². The molecular formula is C18H18O3. The van der Waals surface area contributed by atoms with E-state index in [0.717, 1.165) is 16.9 Å². The van der Waals surface area contributed by atoms with E-state index < -0.39 is 0 Å². The van der Waals surface area contributed by atoms with Crippen molar-refractivity contribution in [3.8, 4) is 11.5 Å². The van der Waals surface area contributed by atoms with Gasteiger partial charge in [-0.3, -0.25) is 4.79 Å². The molecule has 2 aromatic carbocycles. The summed E-state index contributed by atoms with van der Waals surface area (Å²) in [6, 6.07) is 12.5. The van der Waals surface area contributed by atoms with Crippen LogP contribution in [0.15, 0.2) is 48.5 Å². The van der Waals surface area contributed by atoms with Gasteiger partial charge < -0.3 is 9.84 Å². The standard InChI is InChI=1S/C18H18O3/c1-3-21-18-7-5-4-6-14(18)9-11-17(20)15-12-13(2)8-10-16(15)19/h4-12,19H,3H2,1-2H3/b11-9+. The van der Waals surface area contributed by atoms with Crippen molar-refractivity contribution in [3.63, 3.8) is 0 Å². The van der Waals surface area contributed by atoms with Crippen molar-refractivity contribution in [1.29, 1.82) is 0 Å². The van der Waals surface area contributed by atoms with E-state index in [1.165, 1.54) is 12.1 Å². The lowest BCUT2D eigenvalue weighted by Crippen LogP contribution is -1.96. The first-order chi connectivity index (χ1) is 10.1. The summed E-state index contributed by atoms with van der Waals surface area (Å²) < 4.78 is 5.51. The number of carbonyl (C=O) groups is 1. The van der Waals surface area contributed by atoms with E-state index in [4.69, 9.17) is 4.74 Å². The molecule has 0 amide bonds. The highest BCUT2D eigenvalue weighted by molar-refractivity contribution is 6.08. The van der Waals surface area contributed by atoms with Gasteiger partial charge in [-0.1, -0.05) is 29.8 Å². The maximum atomic E-state index is 12.2. The number of rotatable bonds is 5. The number of phenolic OH excluding ortho intramolecular Hbond substituents is 1. The Morgan fingerprint density at radius 2 is 2.00 bits per heavy atom. The maximum absolute atomic E-state index is 12.2. The number of benzene rings is 2. The van der Waals surface area contributed by atoms with E-state index in [1.54, 1.807) is 18.2 Å². The van der Waals surface area contributed by atoms with Gasteiger partial charge in [0.25, 0.3) is 0 Å². The number of phenols is 1. The highest BCUT2D eigenvalue weighted by atomic mass is 16.5. The van der Waals surface area contributed by atoms with E-state index >= 15 is 0 Å². The third kappa shape index (κ3) is 3.72. The Kier molecular flexibility index (Phi) is 4.77. The fraction of sp³-hybridized carbons (Fsp3) is 0.167. The van der Waals surface area contributed by atoms with Gasteiger partial charge in [0.2, 0.25) is 0 Å². The number of para-hydroxylation sites is 1. The van der Waals surface area contributed by atoms with Crippen LogP contribution in [0, 0.1) is 6.92 Å². The summed E-state index contributed by atoms with van der Waals surface area (Å²) in [4.78, 5) is 12.2. The molecule has 3 heteroatoms. The molecule has 0 unspecified atom stereocenters. The van der Waals surface area contributed by atoms with Gasteiger partial charge in [-0.05, 0) is 44.2 Å². The Hall–Kier alpha value is -2.55. The van der Waals surface area contributed by atoms with Crippen LogP contribution in [0.4, 0.5) is 0 Å². The predicted molar refractivity (Wildman–Crippen MR) is 83.8 cm³/mol. The van der Waals surface area contributed by atoms with Gasteiger partial charge in [0, 0.05) is 5.56 Å². The first kappa shape index (κ1) is 14.9. The summed E-state index contributed by atoms with van der Waals surface area (Å²) in [6.07, 6.45) is 3.15. The van der Waals surface area contributed by atoms with Gasteiger partial charge in [-0.2, -0.15) is 0 Å². The molecule has 0 heterocycles. The van der Waals surface area contributed by atoms with Crippen LogP contribution in [-0.4, -0.2) is 17.5 Å². The Balaban J connectivity index is 2.25. The fourth-order valence-corrected chi connectivity index (χ4v) is 2.01. The lowest BCUT2D eigenvalue weighted by atomic mass is 10.1. The average molecular weight is 282 g/mol. The van der Waals surface area contributed by atoms with E-state index in [1.807, 2.05) is 38.1 Å². The molecule has 2 aromatic rings. The van der Waals surface area contributed by atoms with E-state index in [9.17, 15) is 9.90 Å². The van der Waals surface area contributed by atoms with Gasteiger partial charge in [-0.15, -0.1) is 0 Å². The Morgan fingerprint density at radius 3 is 2.76 bits per heavy atom. The number of ketones is 1. The average Bonchev–Trinajstić information content (AvgIpc) is 2.49. The molecule has 0 aliphatic heterocycles. The monoisotopic (exact) mass is 282 g/mol. The van der Waals surface area contributed by atoms with Crippen LogP contribution in [0.25, 0.3) is 6.08 Å². The number of aromatic hydroxyl groups is 1. The third-order valence-electron chi connectivity index (χ3n) is 3.05. The molecule has 0 radical (unpaired) electrons. The zero-order valence-electron chi connectivity index (χ0n) is 12.2. The zero-order valence-corrected chi connectivity index (χ0v) is 12.2. The minimum atomic E-state index is -0.234. The summed E-state index contributed by atoms with van der Waals surface area (Å²) >= 11 is 0. The van der Waals surface area contributed by atoms with Crippen LogP contribution < -0.4 is 4.74 Å². The molecule has 1 N–H and O–H groups in total. The Labute approximate surface area is 124 Å². The lowest BCUT2D eigenvalue weighted by molar-refractivity contribution is 0.104. The molecule has 0 aliphatic carbocycles. The largest absolute Gasteiger partial charge is 0.507 e. The minimum absolute atomic E-state index is 0.00616. The molecule has 0 aliphatic rings. The van der Waals surface area contributed by atoms with Crippen LogP contribution >= 0.6 is 0 Å². The fourth-order valence-electron chi connectivity index (χ4n) is 2.01. The molecule has 108 valence electrons. The first-order valence-electron chi connectivity index (χ1n) is 6.85. The molecule has 0 saturated carbocycles. The van der Waals surface area contributed by atoms with Gasteiger partial charge in [-0.25, -0.2) is 0 Å². The van der Waals surface area contributed by atoms with Gasteiger partial charge in [0.1, 0.15) is 11.5 Å². The number of allylic oxidation sites excluding steroid dienone is 1. The molecule has 0 atom stereocenters. The van der Waals surface area contributed by atoms with Crippen molar-refractivity contribution >= 4 is 11.9 Å². The van der Waals surface area contributed by atoms with E-state index in [-0.39, 0.29) is 11.5 Å². The molecule has 0 fully saturated rings. The second kappa shape index (κ2) is 6.75. The van der Waals surface area contributed by atoms with Crippen LogP contribution in [0.1, 0.15) is 28.4 Å². The summed E-state index contributed by atoms with van der Waals surface area (Å²) in [5.41, 5.74) is 2.07. The molecule has 0 bridgehead atoms. The van der Waals surface area contributed by atoms with Crippen molar-refractivity contribution < 1.29 is 14.6 Å². The maximum Gasteiger partial charge on any atom is 0.189 e. The second-order valence-electron chi connectivity index (χ2n) is 4.69. The topological polar surface area (TPSA) is 46.5 Å². The van der Waals surface area contributed by atoms with Gasteiger partial charge in [0.15, 0.2) is 5.78 Å². The van der Waals surface area contributed by atoms with Crippen molar-refractivity contribution in [2.45, 2.75) is 13.8 Å². The smallest absolute Gasteiger partial charge is 0.189 e. The number of hydrogen-bond donors (Lipinski definition) is 1. The SMILES string of the molecule is CCOc1ccccc1/C=C/C(=O)c1cc(C)ccc1O. The second-order valence-corrected chi connectivity index (χ2v) is 4.69. The molecule has 21 heavy (non-hydrogen) atoms. The van der Waals surface area contributed by atoms with Gasteiger partial charge >= 0.3 is 0 Å². The van der Waals surface area contributed by atoms with E-state index in [0.29, 0.717) is 12.2 Å². The highest BCUT2D eigenvalue weighted by Gasteiger charge is 2.08. The van der Waals surface area contributed by atoms with E-state index in [2.05, 4.69) is 0 Å². The number of hydrogen-bond acceptors (Lipinski definition) is 3. The van der Waals surface area contributed by atoms with Crippen LogP contribution in [0.2, 0.25) is 0 Å². The van der Waals surface area contributed by atoms with Crippen molar-refractivity contribution in [3.05, 3.63) is 65.2 Å². The summed E-state index contributed by atoms with van der Waals surface area (Å²) in [7, 11) is 0. The summed E-state index contributed by atoms with van der Waals surface area (Å²) in [6.45, 7) is 4.36. The number of ether oxygens (including phenoxy) is 1. The van der Waals surface area contributed by atoms with Crippen molar-refractivity contribution in [1.82, 2.24) is 0 Å². The van der Waals surface area contributed by atoms with Crippen LogP contribution in [0.3, 0.4) is 0 Å². The Bertz CT molecular complexity index is 672. The quantitative estimate of drug-likeness (QED) is 0.666. The normalized spacial score (nSPS) is 10.8. The molecule has 3 nitrogen and oxygen atoms in total. The molecule has 0 aromatic heterocycles. The number of carbonyl (C=O) groups excluding carboxylic acids is 1. The first-order valence-corrected chi connectivity index (χ1v) is 6.85. The highest BCUT2D eigenvalue weighted by Crippen LogP contribution is 2.22. The van der Waals surface area contributed by atoms with Gasteiger partial charge in [0.05, 0.1) is 12.2 Å². The van der Waals surface area contributed by atoms with Crippen LogP contribution in [-0.2, 0) is 0 Å². The zero-order chi connectivity index (χ0) is 15.2. The lowest BCUT2D eigenvalue weighted by Gasteiger charge is -2.06. The molecule has 0 spiro atoms. The predicted octanol–water partition coefficient (Wildman–Crippen LogP) is 4.00. The Morgan fingerprint density at radius 1 is 1.24 bits per heavy atom. The number of aryl methyl sites for hydroxylation is 1. The van der Waals surface area contributed by atoms with Crippen molar-refractivity contribution in [2.75, 3.05) is 6.61 Å². The summed E-state index contributed by atoms with van der Waals surface area (Å²) in [5, 5.41) is 9.76. The third-order valence-corrected chi connectivity index (χ3v) is 3.05. The molecular weight excluding hydrogens is 264 g/mol. The van der Waals surface area contributed by atoms with Crippen LogP contribution in [0.5, 0.6) is 11.5 Å². The molecule has 2 rings (SSSR count).